The largest absolute Gasteiger partial charge is 0.334 e. The molecule has 0 aliphatic carbocycles. The van der Waals surface area contributed by atoms with Gasteiger partial charge in [0.05, 0.1) is 6.04 Å². The second-order valence-electron chi connectivity index (χ2n) is 3.97. The van der Waals surface area contributed by atoms with Crippen molar-refractivity contribution in [2.45, 2.75) is 13.0 Å². The number of hydrogen-bond acceptors (Lipinski definition) is 2. The summed E-state index contributed by atoms with van der Waals surface area (Å²) in [6.45, 7) is 2.05. The van der Waals surface area contributed by atoms with Crippen LogP contribution in [-0.2, 0) is 0 Å². The third-order valence-corrected chi connectivity index (χ3v) is 3.92. The predicted octanol–water partition coefficient (Wildman–Crippen LogP) is 3.58. The number of nitrogens with zero attached hydrogens (tertiary/aromatic N) is 1. The molecule has 0 fully saturated rings. The second-order valence-corrected chi connectivity index (χ2v) is 4.95. The van der Waals surface area contributed by atoms with Crippen LogP contribution >= 0.6 is 11.3 Å². The van der Waals surface area contributed by atoms with Crippen LogP contribution in [0.15, 0.2) is 47.8 Å². The average Bonchev–Trinajstić information content (AvgIpc) is 2.91. The first-order chi connectivity index (χ1) is 8.20. The Morgan fingerprint density at radius 2 is 1.88 bits per heavy atom. The Labute approximate surface area is 106 Å². The summed E-state index contributed by atoms with van der Waals surface area (Å²) in [5.41, 5.74) is 0.735. The SMILES string of the molecule is CC(c1cccs1)N(C)C(=O)c1ccccc1. The van der Waals surface area contributed by atoms with Crippen molar-refractivity contribution in [2.75, 3.05) is 7.05 Å². The second kappa shape index (κ2) is 5.15. The Kier molecular flexibility index (Phi) is 3.59. The van der Waals surface area contributed by atoms with Gasteiger partial charge in [-0.15, -0.1) is 11.3 Å². The zero-order valence-corrected chi connectivity index (χ0v) is 10.8. The molecule has 2 nitrogen and oxygen atoms in total. The van der Waals surface area contributed by atoms with E-state index in [1.807, 2.05) is 55.7 Å². The number of hydrogen-bond donors (Lipinski definition) is 0. The van der Waals surface area contributed by atoms with Crippen molar-refractivity contribution in [3.05, 3.63) is 58.3 Å². The fourth-order valence-corrected chi connectivity index (χ4v) is 2.51. The minimum Gasteiger partial charge on any atom is -0.334 e. The molecule has 0 bridgehead atoms. The fourth-order valence-electron chi connectivity index (χ4n) is 1.68. The smallest absolute Gasteiger partial charge is 0.254 e. The van der Waals surface area contributed by atoms with Crippen molar-refractivity contribution < 1.29 is 4.79 Å². The third kappa shape index (κ3) is 2.56. The number of carbonyl (C=O) groups is 1. The van der Waals surface area contributed by atoms with Crippen LogP contribution in [0.5, 0.6) is 0 Å². The molecule has 1 aromatic heterocycles. The van der Waals surface area contributed by atoms with Crippen LogP contribution in [0.25, 0.3) is 0 Å². The molecule has 88 valence electrons. The molecule has 2 rings (SSSR count). The number of benzene rings is 1. The van der Waals surface area contributed by atoms with E-state index in [9.17, 15) is 4.79 Å². The normalized spacial score (nSPS) is 12.1. The van der Waals surface area contributed by atoms with E-state index < -0.39 is 0 Å². The van der Waals surface area contributed by atoms with Gasteiger partial charge in [0.1, 0.15) is 0 Å². The van der Waals surface area contributed by atoms with Gasteiger partial charge in [-0.05, 0) is 30.5 Å². The van der Waals surface area contributed by atoms with Gasteiger partial charge in [0.2, 0.25) is 0 Å². The molecule has 0 radical (unpaired) electrons. The van der Waals surface area contributed by atoms with Crippen molar-refractivity contribution in [1.82, 2.24) is 4.90 Å². The van der Waals surface area contributed by atoms with E-state index >= 15 is 0 Å². The van der Waals surface area contributed by atoms with Crippen LogP contribution < -0.4 is 0 Å². The molecule has 0 spiro atoms. The molecule has 1 aromatic carbocycles. The average molecular weight is 245 g/mol. The van der Waals surface area contributed by atoms with Crippen molar-refractivity contribution in [3.8, 4) is 0 Å². The first-order valence-corrected chi connectivity index (χ1v) is 6.43. The number of rotatable bonds is 3. The van der Waals surface area contributed by atoms with Crippen LogP contribution in [0.3, 0.4) is 0 Å². The zero-order valence-electron chi connectivity index (χ0n) is 9.96. The zero-order chi connectivity index (χ0) is 12.3. The molecular weight excluding hydrogens is 230 g/mol. The van der Waals surface area contributed by atoms with E-state index in [1.165, 1.54) is 4.88 Å². The van der Waals surface area contributed by atoms with E-state index in [-0.39, 0.29) is 11.9 Å². The Morgan fingerprint density at radius 1 is 1.18 bits per heavy atom. The summed E-state index contributed by atoms with van der Waals surface area (Å²) in [6, 6.07) is 13.6. The first kappa shape index (κ1) is 11.9. The molecule has 0 aliphatic rings. The summed E-state index contributed by atoms with van der Waals surface area (Å²) in [5.74, 6) is 0.0616. The molecule has 1 heterocycles. The van der Waals surface area contributed by atoms with Crippen molar-refractivity contribution in [2.24, 2.45) is 0 Å². The number of thiophene rings is 1. The summed E-state index contributed by atoms with van der Waals surface area (Å²) in [4.78, 5) is 15.2. The molecule has 17 heavy (non-hydrogen) atoms. The van der Waals surface area contributed by atoms with E-state index in [4.69, 9.17) is 0 Å². The molecule has 1 atom stereocenters. The summed E-state index contributed by atoms with van der Waals surface area (Å²) >= 11 is 1.68. The fraction of sp³-hybridized carbons (Fsp3) is 0.214. The van der Waals surface area contributed by atoms with E-state index in [0.29, 0.717) is 0 Å². The highest BCUT2D eigenvalue weighted by molar-refractivity contribution is 7.10. The summed E-state index contributed by atoms with van der Waals surface area (Å²) < 4.78 is 0. The summed E-state index contributed by atoms with van der Waals surface area (Å²) in [7, 11) is 1.85. The quantitative estimate of drug-likeness (QED) is 0.809. The van der Waals surface area contributed by atoms with Gasteiger partial charge >= 0.3 is 0 Å². The van der Waals surface area contributed by atoms with Gasteiger partial charge in [0.25, 0.3) is 5.91 Å². The van der Waals surface area contributed by atoms with Crippen molar-refractivity contribution in [1.29, 1.82) is 0 Å². The van der Waals surface area contributed by atoms with Gasteiger partial charge in [0.15, 0.2) is 0 Å². The Morgan fingerprint density at radius 3 is 2.47 bits per heavy atom. The van der Waals surface area contributed by atoms with Crippen LogP contribution in [0, 0.1) is 0 Å². The number of amides is 1. The summed E-state index contributed by atoms with van der Waals surface area (Å²) in [6.07, 6.45) is 0. The van der Waals surface area contributed by atoms with Gasteiger partial charge in [0, 0.05) is 17.5 Å². The Bertz CT molecular complexity index is 478. The molecule has 2 aromatic rings. The van der Waals surface area contributed by atoms with Crippen LogP contribution in [0.1, 0.15) is 28.2 Å². The monoisotopic (exact) mass is 245 g/mol. The molecular formula is C14H15NOS. The Balaban J connectivity index is 2.16. The maximum atomic E-state index is 12.2. The van der Waals surface area contributed by atoms with Crippen molar-refractivity contribution in [3.63, 3.8) is 0 Å². The van der Waals surface area contributed by atoms with Crippen molar-refractivity contribution >= 4 is 17.2 Å². The first-order valence-electron chi connectivity index (χ1n) is 5.56. The minimum absolute atomic E-state index is 0.0616. The maximum Gasteiger partial charge on any atom is 0.254 e. The highest BCUT2D eigenvalue weighted by Gasteiger charge is 2.18. The van der Waals surface area contributed by atoms with Gasteiger partial charge in [-0.1, -0.05) is 24.3 Å². The van der Waals surface area contributed by atoms with Gasteiger partial charge in [-0.2, -0.15) is 0 Å². The van der Waals surface area contributed by atoms with Crippen LogP contribution in [-0.4, -0.2) is 17.9 Å². The minimum atomic E-state index is 0.0616. The molecule has 1 amide bonds. The molecule has 0 N–H and O–H groups in total. The maximum absolute atomic E-state index is 12.2. The molecule has 3 heteroatoms. The molecule has 0 aliphatic heterocycles. The van der Waals surface area contributed by atoms with Gasteiger partial charge in [-0.3, -0.25) is 4.79 Å². The van der Waals surface area contributed by atoms with E-state index in [1.54, 1.807) is 16.2 Å². The molecule has 0 saturated carbocycles. The number of carbonyl (C=O) groups excluding carboxylic acids is 1. The molecule has 1 unspecified atom stereocenters. The lowest BCUT2D eigenvalue weighted by Gasteiger charge is -2.24. The van der Waals surface area contributed by atoms with Crippen LogP contribution in [0.2, 0.25) is 0 Å². The third-order valence-electron chi connectivity index (χ3n) is 2.88. The standard InChI is InChI=1S/C14H15NOS/c1-11(13-9-6-10-17-13)15(2)14(16)12-7-4-3-5-8-12/h3-11H,1-2H3. The topological polar surface area (TPSA) is 20.3 Å². The predicted molar refractivity (Wildman–Crippen MR) is 71.3 cm³/mol. The van der Waals surface area contributed by atoms with Crippen LogP contribution in [0.4, 0.5) is 0 Å². The lowest BCUT2D eigenvalue weighted by atomic mass is 10.1. The summed E-state index contributed by atoms with van der Waals surface area (Å²) in [5, 5.41) is 2.03. The van der Waals surface area contributed by atoms with E-state index in [0.717, 1.165) is 5.56 Å². The van der Waals surface area contributed by atoms with Gasteiger partial charge < -0.3 is 4.90 Å². The lowest BCUT2D eigenvalue weighted by molar-refractivity contribution is 0.0745. The Hall–Kier alpha value is -1.61. The highest BCUT2D eigenvalue weighted by atomic mass is 32.1. The lowest BCUT2D eigenvalue weighted by Crippen LogP contribution is -2.29. The molecule has 0 saturated heterocycles. The van der Waals surface area contributed by atoms with Gasteiger partial charge in [-0.25, -0.2) is 0 Å². The highest BCUT2D eigenvalue weighted by Crippen LogP contribution is 2.24. The van der Waals surface area contributed by atoms with E-state index in [2.05, 4.69) is 6.07 Å².